The molecule has 0 unspecified atom stereocenters. The van der Waals surface area contributed by atoms with E-state index in [9.17, 15) is 57.1 Å². The average Bonchev–Trinajstić information content (AvgIpc) is 3.05. The second-order valence-electron chi connectivity index (χ2n) is 17.2. The van der Waals surface area contributed by atoms with Gasteiger partial charge >= 0.3 is 35.8 Å². The minimum atomic E-state index is -7.88. The van der Waals surface area contributed by atoms with E-state index >= 15 is 0 Å². The molecule has 2 aromatic rings. The second kappa shape index (κ2) is 18.7. The monoisotopic (exact) mass is 876 g/mol. The van der Waals surface area contributed by atoms with Crippen molar-refractivity contribution >= 4 is 24.2 Å². The highest BCUT2D eigenvalue weighted by Crippen LogP contribution is 2.61. The molecule has 1 aromatic heterocycles. The summed E-state index contributed by atoms with van der Waals surface area (Å²) in [6.07, 6.45) is -1.19. The fraction of sp³-hybridized carbons (Fsp3) is 0.722. The summed E-state index contributed by atoms with van der Waals surface area (Å²) in [7, 11) is -5.08. The van der Waals surface area contributed by atoms with E-state index in [1.54, 1.807) is 36.7 Å². The smallest absolute Gasteiger partial charge is 0.460 e. The molecule has 0 aliphatic carbocycles. The SMILES string of the molecule is C[Si](C)(C)C[Si](C)(C)CCCCCCOc1cnc(-c2ccc(OCCCC[Si](C)(C)CCC(F)(F)C(F)(F)C(F)(F)C(F)(F)C(F)(F)C(F)(F)F)cc2)nc1. The Labute approximate surface area is 323 Å². The van der Waals surface area contributed by atoms with Crippen molar-refractivity contribution in [2.45, 2.75) is 150 Å². The van der Waals surface area contributed by atoms with Crippen LogP contribution in [0, 0.1) is 0 Å². The molecule has 0 radical (unpaired) electrons. The summed E-state index contributed by atoms with van der Waals surface area (Å²) in [4.78, 5) is 8.72. The Bertz CT molecular complexity index is 1500. The van der Waals surface area contributed by atoms with Gasteiger partial charge in [0.15, 0.2) is 11.6 Å². The van der Waals surface area contributed by atoms with E-state index in [1.807, 2.05) is 0 Å². The molecule has 0 saturated heterocycles. The van der Waals surface area contributed by atoms with Gasteiger partial charge in [0.1, 0.15) is 5.75 Å². The molecule has 0 amide bonds. The van der Waals surface area contributed by atoms with Crippen LogP contribution in [0.5, 0.6) is 11.5 Å². The summed E-state index contributed by atoms with van der Waals surface area (Å²) < 4.78 is 186. The zero-order chi connectivity index (χ0) is 43.1. The molecule has 0 saturated carbocycles. The van der Waals surface area contributed by atoms with Crippen LogP contribution in [0.2, 0.25) is 69.6 Å². The van der Waals surface area contributed by atoms with Gasteiger partial charge in [0.2, 0.25) is 0 Å². The molecule has 0 aliphatic heterocycles. The van der Waals surface area contributed by atoms with Crippen molar-refractivity contribution in [3.63, 3.8) is 0 Å². The molecule has 0 atom stereocenters. The van der Waals surface area contributed by atoms with Crippen LogP contribution in [0.3, 0.4) is 0 Å². The largest absolute Gasteiger partial charge is 0.494 e. The Kier molecular flexibility index (Phi) is 16.6. The number of hydrogen-bond donors (Lipinski definition) is 0. The van der Waals surface area contributed by atoms with E-state index in [2.05, 4.69) is 42.7 Å². The topological polar surface area (TPSA) is 44.2 Å². The molecule has 0 aliphatic rings. The first kappa shape index (κ1) is 49.8. The third kappa shape index (κ3) is 13.3. The molecular formula is C36H53F13N2O2Si3. The van der Waals surface area contributed by atoms with Crippen molar-refractivity contribution in [2.24, 2.45) is 0 Å². The molecule has 1 heterocycles. The quantitative estimate of drug-likeness (QED) is 0.0599. The van der Waals surface area contributed by atoms with Crippen LogP contribution in [0.1, 0.15) is 44.9 Å². The molecule has 0 spiro atoms. The lowest BCUT2D eigenvalue weighted by molar-refractivity contribution is -0.439. The van der Waals surface area contributed by atoms with E-state index in [0.717, 1.165) is 12.8 Å². The predicted octanol–water partition coefficient (Wildman–Crippen LogP) is 13.7. The Morgan fingerprint density at radius 2 is 0.946 bits per heavy atom. The first-order chi connectivity index (χ1) is 25.3. The summed E-state index contributed by atoms with van der Waals surface area (Å²) in [5, 5.41) is 0. The number of benzene rings is 1. The van der Waals surface area contributed by atoms with Crippen molar-refractivity contribution in [1.29, 1.82) is 0 Å². The molecule has 2 rings (SSSR count). The predicted molar refractivity (Wildman–Crippen MR) is 199 cm³/mol. The first-order valence-corrected chi connectivity index (χ1v) is 29.0. The summed E-state index contributed by atoms with van der Waals surface area (Å²) in [5.41, 5.74) is 2.16. The normalized spacial score (nSPS) is 14.3. The molecular weight excluding hydrogens is 824 g/mol. The zero-order valence-electron chi connectivity index (χ0n) is 32.8. The third-order valence-corrected chi connectivity index (χ3v) is 22.5. The molecule has 0 bridgehead atoms. The van der Waals surface area contributed by atoms with Gasteiger partial charge in [-0.05, 0) is 37.1 Å². The highest BCUT2D eigenvalue weighted by molar-refractivity contribution is 6.94. The molecule has 0 N–H and O–H groups in total. The fourth-order valence-electron chi connectivity index (χ4n) is 6.49. The van der Waals surface area contributed by atoms with E-state index < -0.39 is 72.5 Å². The van der Waals surface area contributed by atoms with E-state index in [1.165, 1.54) is 37.6 Å². The number of unbranched alkanes of at least 4 members (excludes halogenated alkanes) is 4. The molecule has 56 heavy (non-hydrogen) atoms. The molecule has 322 valence electrons. The van der Waals surface area contributed by atoms with Gasteiger partial charge in [-0.2, -0.15) is 57.1 Å². The number of alkyl halides is 13. The van der Waals surface area contributed by atoms with Gasteiger partial charge in [-0.25, -0.2) is 9.97 Å². The number of ether oxygens (including phenoxy) is 2. The lowest BCUT2D eigenvalue weighted by atomic mass is 9.93. The first-order valence-electron chi connectivity index (χ1n) is 18.4. The third-order valence-electron chi connectivity index (χ3n) is 9.40. The van der Waals surface area contributed by atoms with Crippen LogP contribution in [-0.2, 0) is 0 Å². The molecule has 4 nitrogen and oxygen atoms in total. The zero-order valence-corrected chi connectivity index (χ0v) is 35.8. The van der Waals surface area contributed by atoms with Crippen molar-refractivity contribution in [3.8, 4) is 22.9 Å². The molecule has 0 fully saturated rings. The number of rotatable bonds is 24. The number of hydrogen-bond acceptors (Lipinski definition) is 4. The maximum atomic E-state index is 14.3. The van der Waals surface area contributed by atoms with Gasteiger partial charge in [-0.3, -0.25) is 0 Å². The van der Waals surface area contributed by atoms with Gasteiger partial charge in [0.05, 0.1) is 25.6 Å². The van der Waals surface area contributed by atoms with Gasteiger partial charge in [-0.1, -0.05) is 95.3 Å². The summed E-state index contributed by atoms with van der Waals surface area (Å²) in [6.45, 7) is 15.9. The van der Waals surface area contributed by atoms with Crippen molar-refractivity contribution < 1.29 is 66.5 Å². The Hall–Kier alpha value is -2.36. The second-order valence-corrected chi connectivity index (χ2v) is 33.8. The number of halogens is 13. The summed E-state index contributed by atoms with van der Waals surface area (Å²) in [5.74, 6) is -35.1. The Balaban J connectivity index is 1.77. The van der Waals surface area contributed by atoms with Gasteiger partial charge in [0, 0.05) is 36.2 Å². The van der Waals surface area contributed by atoms with Gasteiger partial charge in [-0.15, -0.1) is 0 Å². The van der Waals surface area contributed by atoms with Crippen LogP contribution in [0.4, 0.5) is 57.1 Å². The standard InChI is InChI=1S/C36H53F13N2O2Si3/c1-54(2,3)26-56(6,7)22-12-9-8-10-19-53-29-24-50-30(51-25-29)27-14-16-28(17-15-27)52-20-11-13-21-55(4,5)23-18-31(37,38)32(39,40)33(41,42)34(43,44)35(45,46)36(47,48)49/h14-17,24-25H,8-13,18-23,26H2,1-7H3. The van der Waals surface area contributed by atoms with Gasteiger partial charge in [0.25, 0.3) is 0 Å². The minimum absolute atomic E-state index is 0.146. The summed E-state index contributed by atoms with van der Waals surface area (Å²) in [6, 6.07) is 7.49. The number of nitrogens with zero attached hydrogens (tertiary/aromatic N) is 2. The lowest BCUT2D eigenvalue weighted by Crippen LogP contribution is -2.70. The van der Waals surface area contributed by atoms with Gasteiger partial charge < -0.3 is 9.47 Å². The van der Waals surface area contributed by atoms with Crippen molar-refractivity contribution in [3.05, 3.63) is 36.7 Å². The fourth-order valence-corrected chi connectivity index (χ4v) is 22.3. The van der Waals surface area contributed by atoms with E-state index in [-0.39, 0.29) is 12.7 Å². The molecule has 20 heteroatoms. The highest BCUT2D eigenvalue weighted by Gasteiger charge is 2.90. The van der Waals surface area contributed by atoms with Crippen LogP contribution < -0.4 is 9.47 Å². The lowest BCUT2D eigenvalue weighted by Gasteiger charge is -2.40. The Morgan fingerprint density at radius 1 is 0.500 bits per heavy atom. The van der Waals surface area contributed by atoms with Crippen LogP contribution in [-0.4, -0.2) is 83.2 Å². The van der Waals surface area contributed by atoms with E-state index in [0.29, 0.717) is 42.3 Å². The average molecular weight is 877 g/mol. The Morgan fingerprint density at radius 3 is 1.46 bits per heavy atom. The van der Waals surface area contributed by atoms with Crippen LogP contribution in [0.15, 0.2) is 36.7 Å². The van der Waals surface area contributed by atoms with E-state index in [4.69, 9.17) is 9.47 Å². The van der Waals surface area contributed by atoms with Crippen LogP contribution >= 0.6 is 0 Å². The molecule has 1 aromatic carbocycles. The van der Waals surface area contributed by atoms with Crippen molar-refractivity contribution in [1.82, 2.24) is 9.97 Å². The number of aromatic nitrogens is 2. The maximum absolute atomic E-state index is 14.3. The summed E-state index contributed by atoms with van der Waals surface area (Å²) >= 11 is 0. The maximum Gasteiger partial charge on any atom is 0.460 e. The minimum Gasteiger partial charge on any atom is -0.494 e. The van der Waals surface area contributed by atoms with Crippen LogP contribution in [0.25, 0.3) is 11.4 Å². The van der Waals surface area contributed by atoms with Crippen molar-refractivity contribution in [2.75, 3.05) is 13.2 Å². The highest BCUT2D eigenvalue weighted by atomic mass is 28.4.